The molecule has 1 rings (SSSR count). The van der Waals surface area contributed by atoms with Gasteiger partial charge in [0.05, 0.1) is 11.5 Å². The van der Waals surface area contributed by atoms with Crippen LogP contribution < -0.4 is 5.32 Å². The molecule has 4 heteroatoms. The molecule has 0 fully saturated rings. The first-order chi connectivity index (χ1) is 7.69. The summed E-state index contributed by atoms with van der Waals surface area (Å²) in [7, 11) is 0. The van der Waals surface area contributed by atoms with Gasteiger partial charge < -0.3 is 0 Å². The second kappa shape index (κ2) is 5.89. The van der Waals surface area contributed by atoms with Crippen LogP contribution in [0.25, 0.3) is 0 Å². The summed E-state index contributed by atoms with van der Waals surface area (Å²) in [6.45, 7) is 2.47. The number of nitrogens with zero attached hydrogens (tertiary/aromatic N) is 1. The highest BCUT2D eigenvalue weighted by molar-refractivity contribution is 5.35. The third-order valence-electron chi connectivity index (χ3n) is 2.34. The van der Waals surface area contributed by atoms with Crippen molar-refractivity contribution in [3.63, 3.8) is 0 Å². The maximum Gasteiger partial charge on any atom is 0.269 e. The van der Waals surface area contributed by atoms with E-state index in [0.29, 0.717) is 6.54 Å². The molecule has 0 spiro atoms. The fourth-order valence-electron chi connectivity index (χ4n) is 1.54. The minimum Gasteiger partial charge on any atom is -0.299 e. The summed E-state index contributed by atoms with van der Waals surface area (Å²) in [5, 5.41) is 13.8. The molecule has 0 aromatic heterocycles. The van der Waals surface area contributed by atoms with Gasteiger partial charge in [-0.05, 0) is 12.0 Å². The van der Waals surface area contributed by atoms with Crippen LogP contribution >= 0.6 is 0 Å². The molecule has 0 bridgehead atoms. The van der Waals surface area contributed by atoms with Crippen molar-refractivity contribution in [1.29, 1.82) is 0 Å². The maximum absolute atomic E-state index is 10.6. The first kappa shape index (κ1) is 12.2. The standard InChI is InChI=1S/C12H14N2O2/c1-3-8-13-12(4-2)10-6-5-7-11(9-10)14(15)16/h1,5-7,9,12-13H,4,8H2,2H3. The summed E-state index contributed by atoms with van der Waals surface area (Å²) < 4.78 is 0. The molecule has 84 valence electrons. The van der Waals surface area contributed by atoms with E-state index in [-0.39, 0.29) is 11.7 Å². The van der Waals surface area contributed by atoms with E-state index in [1.54, 1.807) is 12.1 Å². The average Bonchev–Trinajstić information content (AvgIpc) is 2.30. The molecule has 0 aliphatic rings. The fourth-order valence-corrected chi connectivity index (χ4v) is 1.54. The quantitative estimate of drug-likeness (QED) is 0.468. The van der Waals surface area contributed by atoms with Crippen LogP contribution in [0.4, 0.5) is 5.69 Å². The number of nitro groups is 1. The molecular formula is C12H14N2O2. The van der Waals surface area contributed by atoms with E-state index in [0.717, 1.165) is 12.0 Å². The maximum atomic E-state index is 10.6. The van der Waals surface area contributed by atoms with Crippen molar-refractivity contribution in [3.8, 4) is 12.3 Å². The Bertz CT molecular complexity index is 410. The van der Waals surface area contributed by atoms with Crippen molar-refractivity contribution >= 4 is 5.69 Å². The topological polar surface area (TPSA) is 55.2 Å². The Balaban J connectivity index is 2.88. The third kappa shape index (κ3) is 3.07. The first-order valence-corrected chi connectivity index (χ1v) is 5.10. The summed E-state index contributed by atoms with van der Waals surface area (Å²) >= 11 is 0. The van der Waals surface area contributed by atoms with Crippen molar-refractivity contribution in [2.24, 2.45) is 0 Å². The van der Waals surface area contributed by atoms with E-state index >= 15 is 0 Å². The summed E-state index contributed by atoms with van der Waals surface area (Å²) in [5.41, 5.74) is 1.01. The van der Waals surface area contributed by atoms with Crippen LogP contribution in [0.15, 0.2) is 24.3 Å². The van der Waals surface area contributed by atoms with Crippen LogP contribution in [0, 0.1) is 22.5 Å². The molecule has 0 amide bonds. The molecule has 4 nitrogen and oxygen atoms in total. The van der Waals surface area contributed by atoms with Gasteiger partial charge in [-0.15, -0.1) is 6.42 Å². The van der Waals surface area contributed by atoms with Crippen LogP contribution in [0.3, 0.4) is 0 Å². The second-order valence-corrected chi connectivity index (χ2v) is 3.40. The highest BCUT2D eigenvalue weighted by Gasteiger charge is 2.12. The van der Waals surface area contributed by atoms with Crippen LogP contribution in [0.1, 0.15) is 24.9 Å². The SMILES string of the molecule is C#CCNC(CC)c1cccc([N+](=O)[O-])c1. The Morgan fingerprint density at radius 2 is 2.38 bits per heavy atom. The predicted molar refractivity (Wildman–Crippen MR) is 63.0 cm³/mol. The smallest absolute Gasteiger partial charge is 0.269 e. The molecule has 0 aliphatic heterocycles. The first-order valence-electron chi connectivity index (χ1n) is 5.10. The molecule has 16 heavy (non-hydrogen) atoms. The van der Waals surface area contributed by atoms with Crippen LogP contribution in [-0.4, -0.2) is 11.5 Å². The van der Waals surface area contributed by atoms with Gasteiger partial charge in [-0.25, -0.2) is 0 Å². The number of hydrogen-bond donors (Lipinski definition) is 1. The molecule has 0 saturated heterocycles. The zero-order valence-electron chi connectivity index (χ0n) is 9.14. The van der Waals surface area contributed by atoms with Gasteiger partial charge in [-0.1, -0.05) is 25.0 Å². The van der Waals surface area contributed by atoms with Gasteiger partial charge >= 0.3 is 0 Å². The van der Waals surface area contributed by atoms with Gasteiger partial charge in [0.1, 0.15) is 0 Å². The fraction of sp³-hybridized carbons (Fsp3) is 0.333. The van der Waals surface area contributed by atoms with E-state index in [1.807, 2.05) is 13.0 Å². The van der Waals surface area contributed by atoms with E-state index < -0.39 is 4.92 Å². The number of nitro benzene ring substituents is 1. The molecular weight excluding hydrogens is 204 g/mol. The minimum absolute atomic E-state index is 0.0657. The Morgan fingerprint density at radius 1 is 1.62 bits per heavy atom. The molecule has 0 heterocycles. The zero-order chi connectivity index (χ0) is 12.0. The third-order valence-corrected chi connectivity index (χ3v) is 2.34. The summed E-state index contributed by atoms with van der Waals surface area (Å²) in [5.74, 6) is 2.49. The Morgan fingerprint density at radius 3 is 2.94 bits per heavy atom. The number of non-ortho nitro benzene ring substituents is 1. The summed E-state index contributed by atoms with van der Waals surface area (Å²) in [4.78, 5) is 10.2. The lowest BCUT2D eigenvalue weighted by Gasteiger charge is -2.15. The van der Waals surface area contributed by atoms with Gasteiger partial charge in [0.15, 0.2) is 0 Å². The zero-order valence-corrected chi connectivity index (χ0v) is 9.14. The summed E-state index contributed by atoms with van der Waals surface area (Å²) in [6, 6.07) is 6.68. The highest BCUT2D eigenvalue weighted by atomic mass is 16.6. The number of terminal acetylenes is 1. The second-order valence-electron chi connectivity index (χ2n) is 3.40. The molecule has 0 aliphatic carbocycles. The van der Waals surface area contributed by atoms with E-state index in [1.165, 1.54) is 6.07 Å². The van der Waals surface area contributed by atoms with Crippen molar-refractivity contribution in [3.05, 3.63) is 39.9 Å². The summed E-state index contributed by atoms with van der Waals surface area (Å²) in [6.07, 6.45) is 6.00. The number of hydrogen-bond acceptors (Lipinski definition) is 3. The molecule has 1 atom stereocenters. The molecule has 0 saturated carbocycles. The van der Waals surface area contributed by atoms with Gasteiger partial charge in [0.2, 0.25) is 0 Å². The minimum atomic E-state index is -0.391. The van der Waals surface area contributed by atoms with E-state index in [4.69, 9.17) is 6.42 Å². The monoisotopic (exact) mass is 218 g/mol. The van der Waals surface area contributed by atoms with Crippen LogP contribution in [0.5, 0.6) is 0 Å². The van der Waals surface area contributed by atoms with Gasteiger partial charge in [0, 0.05) is 18.2 Å². The molecule has 1 N–H and O–H groups in total. The Hall–Kier alpha value is -1.86. The molecule has 0 radical (unpaired) electrons. The van der Waals surface area contributed by atoms with Crippen LogP contribution in [-0.2, 0) is 0 Å². The largest absolute Gasteiger partial charge is 0.299 e. The van der Waals surface area contributed by atoms with E-state index in [2.05, 4.69) is 11.2 Å². The van der Waals surface area contributed by atoms with Gasteiger partial charge in [0.25, 0.3) is 5.69 Å². The molecule has 1 unspecified atom stereocenters. The highest BCUT2D eigenvalue weighted by Crippen LogP contribution is 2.21. The Labute approximate surface area is 94.8 Å². The Kier molecular flexibility index (Phi) is 4.49. The van der Waals surface area contributed by atoms with Crippen molar-refractivity contribution in [2.45, 2.75) is 19.4 Å². The van der Waals surface area contributed by atoms with Gasteiger partial charge in [-0.3, -0.25) is 15.4 Å². The molecule has 1 aromatic carbocycles. The van der Waals surface area contributed by atoms with E-state index in [9.17, 15) is 10.1 Å². The average molecular weight is 218 g/mol. The number of rotatable bonds is 5. The normalized spacial score (nSPS) is 11.8. The lowest BCUT2D eigenvalue weighted by molar-refractivity contribution is -0.384. The lowest BCUT2D eigenvalue weighted by atomic mass is 10.0. The number of benzene rings is 1. The molecule has 1 aromatic rings. The van der Waals surface area contributed by atoms with Crippen molar-refractivity contribution < 1.29 is 4.92 Å². The predicted octanol–water partition coefficient (Wildman–Crippen LogP) is 2.27. The number of nitrogens with one attached hydrogen (secondary N) is 1. The van der Waals surface area contributed by atoms with Gasteiger partial charge in [-0.2, -0.15) is 0 Å². The van der Waals surface area contributed by atoms with Crippen molar-refractivity contribution in [2.75, 3.05) is 6.54 Å². The van der Waals surface area contributed by atoms with Crippen molar-refractivity contribution in [1.82, 2.24) is 5.32 Å². The lowest BCUT2D eigenvalue weighted by Crippen LogP contribution is -2.20. The van der Waals surface area contributed by atoms with Crippen LogP contribution in [0.2, 0.25) is 0 Å².